The first-order valence-corrected chi connectivity index (χ1v) is 7.71. The molecule has 0 aliphatic carbocycles. The van der Waals surface area contributed by atoms with Crippen LogP contribution in [0.1, 0.15) is 37.2 Å². The van der Waals surface area contributed by atoms with Gasteiger partial charge in [-0.1, -0.05) is 0 Å². The van der Waals surface area contributed by atoms with Gasteiger partial charge in [0, 0.05) is 24.5 Å². The Labute approximate surface area is 126 Å². The number of piperidine rings is 1. The Morgan fingerprint density at radius 1 is 1.62 bits per heavy atom. The van der Waals surface area contributed by atoms with E-state index in [1.165, 1.54) is 17.4 Å². The number of hydrogen-bond donors (Lipinski definition) is 2. The van der Waals surface area contributed by atoms with Crippen LogP contribution in [0.4, 0.5) is 10.7 Å². The minimum absolute atomic E-state index is 0.0355. The number of carbonyl (C=O) groups excluding carboxylic acids is 1. The van der Waals surface area contributed by atoms with Gasteiger partial charge in [-0.3, -0.25) is 14.9 Å². The molecule has 1 aliphatic rings. The summed E-state index contributed by atoms with van der Waals surface area (Å²) in [5.74, 6) is -0.129. The molecule has 1 aromatic rings. The van der Waals surface area contributed by atoms with Gasteiger partial charge in [-0.2, -0.15) is 0 Å². The second kappa shape index (κ2) is 6.40. The van der Waals surface area contributed by atoms with Crippen LogP contribution >= 0.6 is 11.3 Å². The number of aliphatic hydroxyl groups is 1. The minimum atomic E-state index is -0.759. The lowest BCUT2D eigenvalue weighted by Gasteiger charge is -2.34. The summed E-state index contributed by atoms with van der Waals surface area (Å²) in [6.07, 6.45) is 1.74. The van der Waals surface area contributed by atoms with Gasteiger partial charge in [-0.05, 0) is 26.2 Å². The van der Waals surface area contributed by atoms with Crippen molar-refractivity contribution in [1.29, 1.82) is 0 Å². The van der Waals surface area contributed by atoms with Crippen LogP contribution in [-0.4, -0.2) is 35.6 Å². The van der Waals surface area contributed by atoms with Crippen molar-refractivity contribution in [3.8, 4) is 0 Å². The molecule has 21 heavy (non-hydrogen) atoms. The summed E-state index contributed by atoms with van der Waals surface area (Å²) in [5, 5.41) is 24.0. The highest BCUT2D eigenvalue weighted by molar-refractivity contribution is 7.16. The number of likely N-dealkylation sites (N-methyl/N-ethyl adjacent to an activating group) is 1. The number of carbonyl (C=O) groups is 1. The number of nitrogens with zero attached hydrogens (tertiary/aromatic N) is 2. The van der Waals surface area contributed by atoms with Crippen molar-refractivity contribution < 1.29 is 14.8 Å². The maximum Gasteiger partial charge on any atom is 0.304 e. The van der Waals surface area contributed by atoms with E-state index in [0.29, 0.717) is 22.8 Å². The highest BCUT2D eigenvalue weighted by Crippen LogP contribution is 2.42. The number of anilines is 1. The lowest BCUT2D eigenvalue weighted by molar-refractivity contribution is -0.383. The van der Waals surface area contributed by atoms with E-state index in [9.17, 15) is 20.0 Å². The van der Waals surface area contributed by atoms with Gasteiger partial charge >= 0.3 is 5.69 Å². The van der Waals surface area contributed by atoms with E-state index < -0.39 is 11.0 Å². The van der Waals surface area contributed by atoms with E-state index in [4.69, 9.17) is 0 Å². The number of nitrogens with one attached hydrogen (secondary N) is 1. The van der Waals surface area contributed by atoms with Gasteiger partial charge in [-0.15, -0.1) is 11.3 Å². The van der Waals surface area contributed by atoms with Crippen molar-refractivity contribution in [3.63, 3.8) is 0 Å². The number of amides is 1. The average Bonchev–Trinajstić information content (AvgIpc) is 2.92. The number of nitro groups is 1. The van der Waals surface area contributed by atoms with Gasteiger partial charge in [0.05, 0.1) is 11.0 Å². The zero-order valence-electron chi connectivity index (χ0n) is 12.0. The maximum atomic E-state index is 12.0. The smallest absolute Gasteiger partial charge is 0.304 e. The third kappa shape index (κ3) is 3.16. The minimum Gasteiger partial charge on any atom is -0.388 e. The second-order valence-electron chi connectivity index (χ2n) is 5.09. The first kappa shape index (κ1) is 15.7. The largest absolute Gasteiger partial charge is 0.388 e. The standard InChI is InChI=1S/C13H19N3O4S/c1-8(17)11-7-10(16(19)20)13(21-11)15-6-4-3-5-9(15)12(18)14-2/h7-9,17H,3-6H2,1-2H3,(H,14,18)/t8-,9?/m0/s1. The van der Waals surface area contributed by atoms with Gasteiger partial charge in [-0.25, -0.2) is 0 Å². The molecule has 1 unspecified atom stereocenters. The summed E-state index contributed by atoms with van der Waals surface area (Å²) in [6.45, 7) is 2.18. The average molecular weight is 313 g/mol. The van der Waals surface area contributed by atoms with Gasteiger partial charge in [0.15, 0.2) is 5.00 Å². The molecule has 0 radical (unpaired) electrons. The summed E-state index contributed by atoms with van der Waals surface area (Å²) < 4.78 is 0. The normalized spacial score (nSPS) is 20.1. The molecule has 1 saturated heterocycles. The van der Waals surface area contributed by atoms with Crippen molar-refractivity contribution in [3.05, 3.63) is 21.1 Å². The molecule has 1 aromatic heterocycles. The zero-order valence-corrected chi connectivity index (χ0v) is 12.9. The summed E-state index contributed by atoms with van der Waals surface area (Å²) in [6, 6.07) is 1.02. The highest BCUT2D eigenvalue weighted by atomic mass is 32.1. The van der Waals surface area contributed by atoms with Crippen molar-refractivity contribution >= 4 is 27.9 Å². The first-order valence-electron chi connectivity index (χ1n) is 6.90. The van der Waals surface area contributed by atoms with Crippen LogP contribution in [-0.2, 0) is 4.79 Å². The summed E-state index contributed by atoms with van der Waals surface area (Å²) >= 11 is 1.19. The monoisotopic (exact) mass is 313 g/mol. The third-order valence-electron chi connectivity index (χ3n) is 3.63. The Hall–Kier alpha value is -1.67. The van der Waals surface area contributed by atoms with Crippen LogP contribution < -0.4 is 10.2 Å². The molecule has 1 amide bonds. The molecule has 8 heteroatoms. The molecule has 2 rings (SSSR count). The van der Waals surface area contributed by atoms with Crippen molar-refractivity contribution in [2.75, 3.05) is 18.5 Å². The molecule has 2 heterocycles. The maximum absolute atomic E-state index is 12.0. The van der Waals surface area contributed by atoms with Crippen LogP contribution in [0, 0.1) is 10.1 Å². The van der Waals surface area contributed by atoms with Crippen LogP contribution in [0.5, 0.6) is 0 Å². The molecule has 2 N–H and O–H groups in total. The fraction of sp³-hybridized carbons (Fsp3) is 0.615. The molecule has 2 atom stereocenters. The second-order valence-corrected chi connectivity index (χ2v) is 6.15. The Morgan fingerprint density at radius 3 is 2.90 bits per heavy atom. The predicted octanol–water partition coefficient (Wildman–Crippen LogP) is 1.81. The van der Waals surface area contributed by atoms with Gasteiger partial charge in [0.1, 0.15) is 6.04 Å². The van der Waals surface area contributed by atoms with Crippen LogP contribution in [0.25, 0.3) is 0 Å². The number of thiophene rings is 1. The molecule has 1 fully saturated rings. The highest BCUT2D eigenvalue weighted by Gasteiger charge is 2.34. The molecule has 0 bridgehead atoms. The Kier molecular flexibility index (Phi) is 4.79. The third-order valence-corrected chi connectivity index (χ3v) is 4.97. The molecule has 116 valence electrons. The van der Waals surface area contributed by atoms with Crippen molar-refractivity contribution in [2.45, 2.75) is 38.3 Å². The Bertz CT molecular complexity index is 544. The fourth-order valence-electron chi connectivity index (χ4n) is 2.55. The molecular weight excluding hydrogens is 294 g/mol. The topological polar surface area (TPSA) is 95.7 Å². The molecule has 0 spiro atoms. The van der Waals surface area contributed by atoms with Gasteiger partial charge < -0.3 is 15.3 Å². The summed E-state index contributed by atoms with van der Waals surface area (Å²) in [5.41, 5.74) is -0.0355. The van der Waals surface area contributed by atoms with Crippen molar-refractivity contribution in [2.24, 2.45) is 0 Å². The summed E-state index contributed by atoms with van der Waals surface area (Å²) in [7, 11) is 1.57. The fourth-order valence-corrected chi connectivity index (χ4v) is 3.68. The van der Waals surface area contributed by atoms with E-state index >= 15 is 0 Å². The molecule has 0 saturated carbocycles. The van der Waals surface area contributed by atoms with E-state index in [1.54, 1.807) is 18.9 Å². The van der Waals surface area contributed by atoms with E-state index in [0.717, 1.165) is 12.8 Å². The van der Waals surface area contributed by atoms with E-state index in [-0.39, 0.29) is 17.6 Å². The van der Waals surface area contributed by atoms with Gasteiger partial charge in [0.25, 0.3) is 0 Å². The lowest BCUT2D eigenvalue weighted by atomic mass is 10.0. The quantitative estimate of drug-likeness (QED) is 0.653. The first-order chi connectivity index (χ1) is 9.95. The van der Waals surface area contributed by atoms with Crippen LogP contribution in [0.2, 0.25) is 0 Å². The number of aliphatic hydroxyl groups excluding tert-OH is 1. The van der Waals surface area contributed by atoms with E-state index in [1.807, 2.05) is 0 Å². The Morgan fingerprint density at radius 2 is 2.33 bits per heavy atom. The number of rotatable bonds is 4. The number of hydrogen-bond acceptors (Lipinski definition) is 6. The van der Waals surface area contributed by atoms with Crippen LogP contribution in [0.15, 0.2) is 6.07 Å². The summed E-state index contributed by atoms with van der Waals surface area (Å²) in [4.78, 5) is 25.1. The van der Waals surface area contributed by atoms with Crippen LogP contribution in [0.3, 0.4) is 0 Å². The van der Waals surface area contributed by atoms with Crippen molar-refractivity contribution in [1.82, 2.24) is 5.32 Å². The SMILES string of the molecule is CNC(=O)C1CCCCN1c1sc([C@H](C)O)cc1[N+](=O)[O-]. The predicted molar refractivity (Wildman–Crippen MR) is 80.7 cm³/mol. The molecule has 7 nitrogen and oxygen atoms in total. The molecular formula is C13H19N3O4S. The van der Waals surface area contributed by atoms with E-state index in [2.05, 4.69) is 5.32 Å². The Balaban J connectivity index is 2.42. The molecule has 0 aromatic carbocycles. The zero-order chi connectivity index (χ0) is 15.6. The lowest BCUT2D eigenvalue weighted by Crippen LogP contribution is -2.48. The molecule has 1 aliphatic heterocycles. The van der Waals surface area contributed by atoms with Gasteiger partial charge in [0.2, 0.25) is 5.91 Å².